The van der Waals surface area contributed by atoms with Gasteiger partial charge in [-0.2, -0.15) is 0 Å². The number of halogens is 1. The first-order valence-electron chi connectivity index (χ1n) is 12.0. The number of piperidine rings is 1. The monoisotopic (exact) mass is 462 g/mol. The van der Waals surface area contributed by atoms with E-state index in [9.17, 15) is 9.18 Å². The van der Waals surface area contributed by atoms with Crippen LogP contribution in [0.5, 0.6) is 0 Å². The maximum atomic E-state index is 14.0. The number of carbonyl (C=O) groups excluding carboxylic acids is 1. The minimum absolute atomic E-state index is 0.107. The zero-order valence-electron chi connectivity index (χ0n) is 18.9. The lowest BCUT2D eigenvalue weighted by Crippen LogP contribution is -2.39. The summed E-state index contributed by atoms with van der Waals surface area (Å²) < 4.78 is 14.0. The Morgan fingerprint density at radius 1 is 0.970 bits per heavy atom. The van der Waals surface area contributed by atoms with Gasteiger partial charge in [0.1, 0.15) is 5.82 Å². The number of likely N-dealkylation sites (tertiary alicyclic amines) is 2. The summed E-state index contributed by atoms with van der Waals surface area (Å²) in [5.41, 5.74) is 2.45. The maximum absolute atomic E-state index is 14.0. The molecule has 2 saturated heterocycles. The van der Waals surface area contributed by atoms with Gasteiger partial charge in [-0.25, -0.2) is 4.39 Å². The fourth-order valence-corrected chi connectivity index (χ4v) is 6.24. The predicted octanol–water partition coefficient (Wildman–Crippen LogP) is 5.70. The van der Waals surface area contributed by atoms with Crippen molar-refractivity contribution in [3.8, 4) is 0 Å². The molecule has 2 aliphatic rings. The number of amides is 1. The van der Waals surface area contributed by atoms with Crippen molar-refractivity contribution < 1.29 is 9.18 Å². The molecule has 5 heteroatoms. The third-order valence-corrected chi connectivity index (χ3v) is 8.16. The molecule has 2 aromatic carbocycles. The molecule has 2 atom stereocenters. The van der Waals surface area contributed by atoms with E-state index in [0.29, 0.717) is 12.5 Å². The lowest BCUT2D eigenvalue weighted by atomic mass is 9.86. The Morgan fingerprint density at radius 3 is 2.52 bits per heavy atom. The molecular formula is C28H31FN2OS. The molecule has 0 saturated carbocycles. The van der Waals surface area contributed by atoms with Crippen LogP contribution in [0.1, 0.15) is 39.6 Å². The number of hydrogen-bond acceptors (Lipinski definition) is 3. The van der Waals surface area contributed by atoms with E-state index in [0.717, 1.165) is 49.0 Å². The molecule has 3 aromatic rings. The summed E-state index contributed by atoms with van der Waals surface area (Å²) >= 11 is 1.49. The van der Waals surface area contributed by atoms with Crippen LogP contribution in [0.15, 0.2) is 72.1 Å². The minimum Gasteiger partial charge on any atom is -0.337 e. The quantitative estimate of drug-likeness (QED) is 0.469. The van der Waals surface area contributed by atoms with E-state index in [1.54, 1.807) is 12.1 Å². The Morgan fingerprint density at radius 2 is 1.79 bits per heavy atom. The van der Waals surface area contributed by atoms with Crippen molar-refractivity contribution in [3.63, 3.8) is 0 Å². The molecule has 1 aromatic heterocycles. The Bertz CT molecular complexity index is 1050. The van der Waals surface area contributed by atoms with Gasteiger partial charge in [-0.3, -0.25) is 4.79 Å². The summed E-state index contributed by atoms with van der Waals surface area (Å²) in [6, 6.07) is 21.6. The third-order valence-electron chi connectivity index (χ3n) is 7.30. The third kappa shape index (κ3) is 5.36. The van der Waals surface area contributed by atoms with Gasteiger partial charge >= 0.3 is 0 Å². The van der Waals surface area contributed by atoms with Gasteiger partial charge in [0, 0.05) is 25.6 Å². The second-order valence-corrected chi connectivity index (χ2v) is 10.5. The number of hydrogen-bond donors (Lipinski definition) is 0. The van der Waals surface area contributed by atoms with E-state index in [2.05, 4.69) is 35.2 Å². The lowest BCUT2D eigenvalue weighted by Gasteiger charge is -2.34. The Hall–Kier alpha value is -2.50. The van der Waals surface area contributed by atoms with Crippen molar-refractivity contribution >= 4 is 17.2 Å². The van der Waals surface area contributed by atoms with Gasteiger partial charge in [0.25, 0.3) is 5.91 Å². The van der Waals surface area contributed by atoms with Gasteiger partial charge in [0.15, 0.2) is 0 Å². The SMILES string of the molecule is O=C(c1cccs1)N1C[C@@H](CN2CCC(Cc3ccccc3)CC2)[C@@H](c2cccc(F)c2)C1. The highest BCUT2D eigenvalue weighted by Gasteiger charge is 2.38. The fraction of sp³-hybridized carbons (Fsp3) is 0.393. The number of rotatable bonds is 6. The standard InChI is InChI=1S/C28H31FN2OS/c29-25-9-4-8-23(17-25)26-20-31(28(32)27-10-5-15-33-27)19-24(26)18-30-13-11-22(12-14-30)16-21-6-2-1-3-7-21/h1-10,15,17,22,24,26H,11-14,16,18-20H2/t24-,26-/m1/s1. The molecule has 2 aliphatic heterocycles. The number of benzene rings is 2. The van der Waals surface area contributed by atoms with E-state index in [-0.39, 0.29) is 17.6 Å². The highest BCUT2D eigenvalue weighted by atomic mass is 32.1. The van der Waals surface area contributed by atoms with Crippen LogP contribution in [0.2, 0.25) is 0 Å². The summed E-state index contributed by atoms with van der Waals surface area (Å²) in [6.07, 6.45) is 3.58. The van der Waals surface area contributed by atoms with Gasteiger partial charge in [0.2, 0.25) is 0 Å². The second-order valence-electron chi connectivity index (χ2n) is 9.54. The van der Waals surface area contributed by atoms with Gasteiger partial charge < -0.3 is 9.80 Å². The van der Waals surface area contributed by atoms with E-state index in [4.69, 9.17) is 0 Å². The largest absolute Gasteiger partial charge is 0.337 e. The van der Waals surface area contributed by atoms with Crippen molar-refractivity contribution in [1.82, 2.24) is 9.80 Å². The normalized spacial score (nSPS) is 22.0. The number of carbonyl (C=O) groups is 1. The van der Waals surface area contributed by atoms with Gasteiger partial charge in [0.05, 0.1) is 4.88 Å². The summed E-state index contributed by atoms with van der Waals surface area (Å²) in [7, 11) is 0. The smallest absolute Gasteiger partial charge is 0.263 e. The van der Waals surface area contributed by atoms with Crippen LogP contribution in [-0.4, -0.2) is 48.4 Å². The molecule has 1 amide bonds. The molecule has 0 spiro atoms. The molecule has 3 nitrogen and oxygen atoms in total. The van der Waals surface area contributed by atoms with Crippen LogP contribution in [0.3, 0.4) is 0 Å². The van der Waals surface area contributed by atoms with Crippen molar-refractivity contribution in [2.75, 3.05) is 32.7 Å². The molecule has 0 bridgehead atoms. The first-order chi connectivity index (χ1) is 16.2. The average molecular weight is 463 g/mol. The van der Waals surface area contributed by atoms with Crippen molar-refractivity contribution in [2.45, 2.75) is 25.2 Å². The van der Waals surface area contributed by atoms with Crippen LogP contribution in [-0.2, 0) is 6.42 Å². The zero-order chi connectivity index (χ0) is 22.6. The summed E-state index contributed by atoms with van der Waals surface area (Å²) in [4.78, 5) is 18.4. The van der Waals surface area contributed by atoms with Gasteiger partial charge in [-0.1, -0.05) is 48.5 Å². The highest BCUT2D eigenvalue weighted by Crippen LogP contribution is 2.35. The molecule has 33 heavy (non-hydrogen) atoms. The molecule has 0 radical (unpaired) electrons. The summed E-state index contributed by atoms with van der Waals surface area (Å²) in [5, 5.41) is 1.95. The Kier molecular flexibility index (Phi) is 6.88. The van der Waals surface area contributed by atoms with Crippen molar-refractivity contribution in [2.24, 2.45) is 11.8 Å². The van der Waals surface area contributed by atoms with Crippen LogP contribution in [0.4, 0.5) is 4.39 Å². The van der Waals surface area contributed by atoms with Crippen LogP contribution < -0.4 is 0 Å². The van der Waals surface area contributed by atoms with Crippen LogP contribution >= 0.6 is 11.3 Å². The van der Waals surface area contributed by atoms with Crippen LogP contribution in [0, 0.1) is 17.7 Å². The van der Waals surface area contributed by atoms with E-state index < -0.39 is 0 Å². The van der Waals surface area contributed by atoms with Crippen LogP contribution in [0.25, 0.3) is 0 Å². The summed E-state index contributed by atoms with van der Waals surface area (Å²) in [5.74, 6) is 1.14. The molecule has 5 rings (SSSR count). The zero-order valence-corrected chi connectivity index (χ0v) is 19.7. The lowest BCUT2D eigenvalue weighted by molar-refractivity contribution is 0.0785. The molecule has 0 aliphatic carbocycles. The van der Waals surface area contributed by atoms with E-state index in [1.807, 2.05) is 28.5 Å². The minimum atomic E-state index is -0.198. The Labute approximate surface area is 199 Å². The number of nitrogens with zero attached hydrogens (tertiary/aromatic N) is 2. The molecular weight excluding hydrogens is 431 g/mol. The molecule has 0 unspecified atom stereocenters. The molecule has 0 N–H and O–H groups in total. The molecule has 172 valence electrons. The summed E-state index contributed by atoms with van der Waals surface area (Å²) in [6.45, 7) is 4.57. The van der Waals surface area contributed by atoms with E-state index >= 15 is 0 Å². The van der Waals surface area contributed by atoms with E-state index in [1.165, 1.54) is 35.8 Å². The average Bonchev–Trinajstić information content (AvgIpc) is 3.51. The predicted molar refractivity (Wildman–Crippen MR) is 132 cm³/mol. The first kappa shape index (κ1) is 22.3. The van der Waals surface area contributed by atoms with Crippen molar-refractivity contribution in [1.29, 1.82) is 0 Å². The molecule has 2 fully saturated rings. The fourth-order valence-electron chi connectivity index (χ4n) is 5.55. The van der Waals surface area contributed by atoms with Gasteiger partial charge in [-0.05, 0) is 78.9 Å². The first-order valence-corrected chi connectivity index (χ1v) is 12.9. The number of thiophene rings is 1. The van der Waals surface area contributed by atoms with Crippen molar-refractivity contribution in [3.05, 3.63) is 93.9 Å². The molecule has 3 heterocycles. The maximum Gasteiger partial charge on any atom is 0.263 e. The topological polar surface area (TPSA) is 23.6 Å². The van der Waals surface area contributed by atoms with Gasteiger partial charge in [-0.15, -0.1) is 11.3 Å². The second kappa shape index (κ2) is 10.2. The Balaban J connectivity index is 1.24. The highest BCUT2D eigenvalue weighted by molar-refractivity contribution is 7.12.